The van der Waals surface area contributed by atoms with Gasteiger partial charge in [0.05, 0.1) is 0 Å². The van der Waals surface area contributed by atoms with Crippen LogP contribution in [0.15, 0.2) is 90.7 Å². The number of nitrogens with zero attached hydrogens (tertiary/aromatic N) is 2. The van der Waals surface area contributed by atoms with Gasteiger partial charge in [0, 0.05) is 36.6 Å². The van der Waals surface area contributed by atoms with Crippen LogP contribution in [0.3, 0.4) is 0 Å². The number of allylic oxidation sites excluding steroid dienone is 3. The van der Waals surface area contributed by atoms with Gasteiger partial charge in [0.2, 0.25) is 0 Å². The molecule has 3 aromatic carbocycles. The average molecular weight is 435 g/mol. The van der Waals surface area contributed by atoms with Crippen molar-refractivity contribution in [3.05, 3.63) is 118 Å². The molecule has 166 valence electrons. The highest BCUT2D eigenvalue weighted by molar-refractivity contribution is 5.50. The summed E-state index contributed by atoms with van der Waals surface area (Å²) in [5.74, 6) is 1.03. The van der Waals surface area contributed by atoms with Crippen molar-refractivity contribution in [3.8, 4) is 5.75 Å². The molecule has 0 fully saturated rings. The lowest BCUT2D eigenvalue weighted by atomic mass is 9.94. The highest BCUT2D eigenvalue weighted by atomic mass is 16.5. The molecule has 0 saturated carbocycles. The minimum absolute atomic E-state index is 0.630. The molecule has 0 amide bonds. The molecule has 2 heterocycles. The van der Waals surface area contributed by atoms with Gasteiger partial charge in [-0.25, -0.2) is 0 Å². The van der Waals surface area contributed by atoms with Gasteiger partial charge in [-0.1, -0.05) is 54.6 Å². The average Bonchev–Trinajstić information content (AvgIpc) is 2.89. The highest BCUT2D eigenvalue weighted by Gasteiger charge is 2.20. The lowest BCUT2D eigenvalue weighted by Crippen LogP contribution is -2.31. The molecule has 3 nitrogen and oxygen atoms in total. The maximum atomic E-state index is 6.07. The summed E-state index contributed by atoms with van der Waals surface area (Å²) in [7, 11) is 0. The van der Waals surface area contributed by atoms with E-state index >= 15 is 0 Å². The van der Waals surface area contributed by atoms with Crippen LogP contribution in [0.1, 0.15) is 40.7 Å². The Hall–Kier alpha value is -3.46. The molecule has 0 bridgehead atoms. The highest BCUT2D eigenvalue weighted by Crippen LogP contribution is 2.31. The number of hydrogen-bond acceptors (Lipinski definition) is 3. The van der Waals surface area contributed by atoms with Crippen LogP contribution in [-0.2, 0) is 25.9 Å². The van der Waals surface area contributed by atoms with Crippen LogP contribution < -0.4 is 9.64 Å². The maximum absolute atomic E-state index is 6.07. The van der Waals surface area contributed by atoms with Gasteiger partial charge in [0.15, 0.2) is 6.73 Å². The molecule has 3 heteroatoms. The first-order chi connectivity index (χ1) is 16.3. The summed E-state index contributed by atoms with van der Waals surface area (Å²) < 4.78 is 6.07. The van der Waals surface area contributed by atoms with Gasteiger partial charge in [-0.05, 0) is 78.3 Å². The predicted molar refractivity (Wildman–Crippen MR) is 134 cm³/mol. The molecule has 2 aliphatic heterocycles. The predicted octanol–water partition coefficient (Wildman–Crippen LogP) is 6.23. The number of para-hydroxylation sites is 1. The number of benzene rings is 3. The number of hydrogen-bond donors (Lipinski definition) is 0. The zero-order valence-electron chi connectivity index (χ0n) is 19.0. The third-order valence-electron chi connectivity index (χ3n) is 7.02. The van der Waals surface area contributed by atoms with E-state index in [9.17, 15) is 0 Å². The molecule has 0 N–H and O–H groups in total. The Balaban J connectivity index is 1.19. The molecule has 0 saturated heterocycles. The first-order valence-electron chi connectivity index (χ1n) is 12.1. The standard InChI is InChI=1S/C30H30N2O/c1-3-7-28(8-4-1)31-16-15-25-13-11-23(18-26(25)20-31)17-24-12-14-30-27(19-24)21-32(22-33-30)29-9-5-2-6-10-29/h1,3-5,7-14,18-19H,2,6,15-17,20-22H2. The quantitative estimate of drug-likeness (QED) is 0.484. The summed E-state index contributed by atoms with van der Waals surface area (Å²) in [5, 5.41) is 0. The molecule has 33 heavy (non-hydrogen) atoms. The molecule has 0 unspecified atom stereocenters. The van der Waals surface area contributed by atoms with Crippen molar-refractivity contribution in [3.63, 3.8) is 0 Å². The van der Waals surface area contributed by atoms with E-state index in [4.69, 9.17) is 4.74 Å². The third kappa shape index (κ3) is 4.28. The van der Waals surface area contributed by atoms with Crippen molar-refractivity contribution >= 4 is 5.69 Å². The van der Waals surface area contributed by atoms with E-state index in [-0.39, 0.29) is 0 Å². The lowest BCUT2D eigenvalue weighted by molar-refractivity contribution is 0.131. The smallest absolute Gasteiger partial charge is 0.161 e. The topological polar surface area (TPSA) is 15.7 Å². The van der Waals surface area contributed by atoms with E-state index in [1.165, 1.54) is 39.2 Å². The van der Waals surface area contributed by atoms with Crippen LogP contribution in [0, 0.1) is 0 Å². The van der Waals surface area contributed by atoms with Crippen molar-refractivity contribution in [1.29, 1.82) is 0 Å². The Morgan fingerprint density at radius 2 is 1.58 bits per heavy atom. The second-order valence-corrected chi connectivity index (χ2v) is 9.31. The second kappa shape index (κ2) is 8.82. The first kappa shape index (κ1) is 20.2. The van der Waals surface area contributed by atoms with E-state index in [1.807, 2.05) is 0 Å². The van der Waals surface area contributed by atoms with Crippen LogP contribution in [-0.4, -0.2) is 18.2 Å². The van der Waals surface area contributed by atoms with Crippen LogP contribution >= 0.6 is 0 Å². The van der Waals surface area contributed by atoms with Crippen LogP contribution in [0.25, 0.3) is 0 Å². The molecule has 0 radical (unpaired) electrons. The maximum Gasteiger partial charge on any atom is 0.161 e. The van der Waals surface area contributed by atoms with E-state index in [0.29, 0.717) is 6.73 Å². The zero-order valence-corrected chi connectivity index (χ0v) is 19.0. The molecule has 6 rings (SSSR count). The van der Waals surface area contributed by atoms with Gasteiger partial charge in [-0.15, -0.1) is 0 Å². The molecule has 3 aliphatic rings. The summed E-state index contributed by atoms with van der Waals surface area (Å²) in [6.45, 7) is 3.62. The van der Waals surface area contributed by atoms with E-state index in [0.717, 1.165) is 51.1 Å². The third-order valence-corrected chi connectivity index (χ3v) is 7.02. The first-order valence-corrected chi connectivity index (χ1v) is 12.1. The monoisotopic (exact) mass is 434 g/mol. The van der Waals surface area contributed by atoms with Crippen LogP contribution in [0.2, 0.25) is 0 Å². The van der Waals surface area contributed by atoms with Crippen molar-refractivity contribution in [2.45, 2.75) is 38.8 Å². The van der Waals surface area contributed by atoms with Gasteiger partial charge in [0.25, 0.3) is 0 Å². The summed E-state index contributed by atoms with van der Waals surface area (Å²) in [6, 6.07) is 24.6. The fourth-order valence-electron chi connectivity index (χ4n) is 5.22. The van der Waals surface area contributed by atoms with Gasteiger partial charge >= 0.3 is 0 Å². The van der Waals surface area contributed by atoms with Gasteiger partial charge in [-0.3, -0.25) is 0 Å². The van der Waals surface area contributed by atoms with Gasteiger partial charge in [-0.2, -0.15) is 0 Å². The van der Waals surface area contributed by atoms with Crippen molar-refractivity contribution < 1.29 is 4.74 Å². The van der Waals surface area contributed by atoms with E-state index < -0.39 is 0 Å². The Morgan fingerprint density at radius 1 is 0.758 bits per heavy atom. The molecular formula is C30H30N2O. The Kier molecular flexibility index (Phi) is 5.39. The molecule has 1 aliphatic carbocycles. The number of fused-ring (bicyclic) bond motifs is 2. The summed E-state index contributed by atoms with van der Waals surface area (Å²) in [4.78, 5) is 4.82. The van der Waals surface area contributed by atoms with Crippen molar-refractivity contribution in [2.75, 3.05) is 18.2 Å². The zero-order chi connectivity index (χ0) is 22.0. The Morgan fingerprint density at radius 3 is 2.42 bits per heavy atom. The van der Waals surface area contributed by atoms with Crippen LogP contribution in [0.4, 0.5) is 5.69 Å². The van der Waals surface area contributed by atoms with E-state index in [2.05, 4.69) is 94.8 Å². The largest absolute Gasteiger partial charge is 0.473 e. The summed E-state index contributed by atoms with van der Waals surface area (Å²) in [6.07, 6.45) is 11.1. The minimum atomic E-state index is 0.630. The van der Waals surface area contributed by atoms with Crippen molar-refractivity contribution in [1.82, 2.24) is 4.90 Å². The Labute approximate surface area is 196 Å². The number of anilines is 1. The molecular weight excluding hydrogens is 404 g/mol. The van der Waals surface area contributed by atoms with Gasteiger partial charge < -0.3 is 14.5 Å². The fourth-order valence-corrected chi connectivity index (χ4v) is 5.22. The molecule has 0 atom stereocenters. The summed E-state index contributed by atoms with van der Waals surface area (Å²) >= 11 is 0. The molecule has 0 aromatic heterocycles. The fraction of sp³-hybridized carbons (Fsp3) is 0.267. The lowest BCUT2D eigenvalue weighted by Gasteiger charge is -2.32. The normalized spacial score (nSPS) is 17.2. The molecule has 3 aromatic rings. The Bertz CT molecular complexity index is 1210. The van der Waals surface area contributed by atoms with Crippen molar-refractivity contribution in [2.24, 2.45) is 0 Å². The van der Waals surface area contributed by atoms with Gasteiger partial charge in [0.1, 0.15) is 5.75 Å². The second-order valence-electron chi connectivity index (χ2n) is 9.31. The molecule has 0 spiro atoms. The summed E-state index contributed by atoms with van der Waals surface area (Å²) in [5.41, 5.74) is 9.58. The SMILES string of the molecule is C1=CC(N2COc3ccc(Cc4ccc5c(c4)CN(c4ccccc4)CC5)cc3C2)=CCC1. The number of ether oxygens (including phenoxy) is 1. The minimum Gasteiger partial charge on any atom is -0.473 e. The van der Waals surface area contributed by atoms with E-state index in [1.54, 1.807) is 0 Å². The van der Waals surface area contributed by atoms with Crippen LogP contribution in [0.5, 0.6) is 5.75 Å². The number of rotatable bonds is 4.